The number of carboxylic acid groups (broad SMARTS) is 1. The summed E-state index contributed by atoms with van der Waals surface area (Å²) in [6.07, 6.45) is 20.8. The maximum atomic E-state index is 10.3. The van der Waals surface area contributed by atoms with Gasteiger partial charge in [-0.25, -0.2) is 0 Å². The topological polar surface area (TPSA) is 95.7 Å². The Bertz CT molecular complexity index is 1090. The molecule has 0 aromatic heterocycles. The minimum atomic E-state index is -0.657. The van der Waals surface area contributed by atoms with Crippen molar-refractivity contribution >= 4 is 29.8 Å². The third-order valence-corrected chi connectivity index (χ3v) is 9.05. The quantitative estimate of drug-likeness (QED) is 0.0490. The van der Waals surface area contributed by atoms with Gasteiger partial charge in [-0.15, -0.1) is 18.4 Å². The second-order valence-corrected chi connectivity index (χ2v) is 14.6. The van der Waals surface area contributed by atoms with E-state index in [9.17, 15) is 9.59 Å². The van der Waals surface area contributed by atoms with E-state index >= 15 is 0 Å². The summed E-state index contributed by atoms with van der Waals surface area (Å²) < 4.78 is 0. The van der Waals surface area contributed by atoms with Crippen LogP contribution in [0.2, 0.25) is 0 Å². The van der Waals surface area contributed by atoms with Crippen molar-refractivity contribution in [3.63, 3.8) is 0 Å². The Kier molecular flexibility index (Phi) is 36.8. The SMILES string of the molecule is C=C(NCc1ccc(/C(S)=C(\C)CC)cc1)C1CCCN1C.C=C=CN.CC.CC(C)(C)CC=O.CCCCCCCCCCCCCC(=O)O. The highest BCUT2D eigenvalue weighted by atomic mass is 32.1. The molecule has 0 spiro atoms. The van der Waals surface area contributed by atoms with Gasteiger partial charge in [0.05, 0.1) is 0 Å². The van der Waals surface area contributed by atoms with Gasteiger partial charge < -0.3 is 21.0 Å². The summed E-state index contributed by atoms with van der Waals surface area (Å²) in [5, 5.41) is 11.9. The van der Waals surface area contributed by atoms with Gasteiger partial charge in [0, 0.05) is 42.2 Å². The molecular formula is C44H79N3O3S. The van der Waals surface area contributed by atoms with E-state index in [1.807, 2.05) is 34.6 Å². The van der Waals surface area contributed by atoms with Crippen LogP contribution in [-0.2, 0) is 16.1 Å². The van der Waals surface area contributed by atoms with Gasteiger partial charge in [-0.1, -0.05) is 156 Å². The van der Waals surface area contributed by atoms with Crippen molar-refractivity contribution in [3.05, 3.63) is 71.8 Å². The lowest BCUT2D eigenvalue weighted by Crippen LogP contribution is -2.32. The summed E-state index contributed by atoms with van der Waals surface area (Å²) in [5.74, 6) is -0.657. The van der Waals surface area contributed by atoms with E-state index in [4.69, 9.17) is 10.8 Å². The highest BCUT2D eigenvalue weighted by Crippen LogP contribution is 2.25. The van der Waals surface area contributed by atoms with E-state index < -0.39 is 5.97 Å². The van der Waals surface area contributed by atoms with E-state index in [0.29, 0.717) is 18.9 Å². The number of aldehydes is 1. The van der Waals surface area contributed by atoms with Crippen LogP contribution in [0.1, 0.15) is 169 Å². The van der Waals surface area contributed by atoms with E-state index in [2.05, 4.69) is 93.8 Å². The summed E-state index contributed by atoms with van der Waals surface area (Å²) in [6.45, 7) is 26.1. The van der Waals surface area contributed by atoms with Crippen LogP contribution in [0, 0.1) is 5.41 Å². The summed E-state index contributed by atoms with van der Waals surface area (Å²) >= 11 is 4.63. The van der Waals surface area contributed by atoms with Gasteiger partial charge in [-0.05, 0) is 62.7 Å². The third-order valence-electron chi connectivity index (χ3n) is 8.41. The van der Waals surface area contributed by atoms with E-state index in [-0.39, 0.29) is 5.41 Å². The van der Waals surface area contributed by atoms with Gasteiger partial charge in [0.15, 0.2) is 0 Å². The Morgan fingerprint density at radius 3 is 1.86 bits per heavy atom. The number of allylic oxidation sites excluding steroid dienone is 1. The molecule has 1 heterocycles. The minimum absolute atomic E-state index is 0.182. The first-order chi connectivity index (χ1) is 24.3. The average molecular weight is 730 g/mol. The van der Waals surface area contributed by atoms with E-state index in [1.165, 1.54) is 100 Å². The van der Waals surface area contributed by atoms with E-state index in [1.54, 1.807) is 0 Å². The smallest absolute Gasteiger partial charge is 0.303 e. The van der Waals surface area contributed by atoms with Crippen LogP contribution in [0.25, 0.3) is 4.91 Å². The monoisotopic (exact) mass is 730 g/mol. The van der Waals surface area contributed by atoms with Crippen molar-refractivity contribution in [1.82, 2.24) is 10.2 Å². The molecule has 51 heavy (non-hydrogen) atoms. The molecule has 1 unspecified atom stereocenters. The largest absolute Gasteiger partial charge is 0.481 e. The number of carbonyl (C=O) groups is 2. The predicted octanol–water partition coefficient (Wildman–Crippen LogP) is 12.1. The number of carboxylic acids is 1. The Hall–Kier alpha value is -2.73. The average Bonchev–Trinajstić information content (AvgIpc) is 3.55. The number of benzene rings is 1. The number of hydrogen-bond acceptors (Lipinski definition) is 6. The fraction of sp³-hybridized carbons (Fsp3) is 0.659. The molecule has 1 atom stereocenters. The van der Waals surface area contributed by atoms with E-state index in [0.717, 1.165) is 42.7 Å². The molecule has 6 nitrogen and oxygen atoms in total. The van der Waals surface area contributed by atoms with Crippen LogP contribution in [-0.4, -0.2) is 41.9 Å². The standard InChI is InChI=1S/C19H28N2S.C14H28O2.C6H12O.C3H5N.C2H6/c1-5-14(2)19(22)17-10-8-16(9-11-17)13-20-15(3)18-7-6-12-21(18)4;1-2-3-4-5-6-7-8-9-10-11-12-13-14(15)16;1-6(2,3)4-5-7;1-2-3-4;1-2/h8-11,18,20,22H,3,5-7,12-13H2,1-2,4H3;2-13H2,1H3,(H,15,16);5H,4H2,1-3H3;3H,1,4H2;1-2H3/b19-14-;;;;. The fourth-order valence-corrected chi connectivity index (χ4v) is 5.38. The molecule has 0 aliphatic carbocycles. The first-order valence-electron chi connectivity index (χ1n) is 19.6. The molecule has 1 aliphatic rings. The molecule has 1 aromatic carbocycles. The van der Waals surface area contributed by atoms with Crippen molar-refractivity contribution in [2.45, 2.75) is 171 Å². The van der Waals surface area contributed by atoms with Gasteiger partial charge in [0.1, 0.15) is 6.29 Å². The van der Waals surface area contributed by atoms with Gasteiger partial charge in [-0.3, -0.25) is 9.69 Å². The van der Waals surface area contributed by atoms with Crippen molar-refractivity contribution in [2.24, 2.45) is 11.1 Å². The highest BCUT2D eigenvalue weighted by molar-refractivity contribution is 7.90. The van der Waals surface area contributed by atoms with Crippen molar-refractivity contribution in [2.75, 3.05) is 13.6 Å². The maximum absolute atomic E-state index is 10.3. The molecule has 7 heteroatoms. The van der Waals surface area contributed by atoms with Crippen LogP contribution in [0.5, 0.6) is 0 Å². The molecule has 1 aromatic rings. The number of rotatable bonds is 19. The molecule has 0 saturated carbocycles. The van der Waals surface area contributed by atoms with Gasteiger partial charge in [0.25, 0.3) is 0 Å². The number of unbranched alkanes of at least 4 members (excludes halogenated alkanes) is 10. The number of nitrogens with two attached hydrogens (primary N) is 1. The Labute approximate surface area is 320 Å². The molecule has 0 amide bonds. The molecule has 2 rings (SSSR count). The normalized spacial score (nSPS) is 13.9. The van der Waals surface area contributed by atoms with Crippen LogP contribution in [0.15, 0.2) is 60.6 Å². The third kappa shape index (κ3) is 32.9. The number of nitrogens with zero attached hydrogens (tertiary/aromatic N) is 1. The first-order valence-corrected chi connectivity index (χ1v) is 20.0. The lowest BCUT2D eigenvalue weighted by atomic mass is 9.93. The zero-order valence-electron chi connectivity index (χ0n) is 34.4. The maximum Gasteiger partial charge on any atom is 0.303 e. The lowest BCUT2D eigenvalue weighted by Gasteiger charge is -2.23. The molecule has 4 N–H and O–H groups in total. The number of carbonyl (C=O) groups excluding carboxylic acids is 1. The Morgan fingerprint density at radius 1 is 1.02 bits per heavy atom. The number of hydrogen-bond donors (Lipinski definition) is 4. The summed E-state index contributed by atoms with van der Waals surface area (Å²) in [4.78, 5) is 23.6. The van der Waals surface area contributed by atoms with Crippen LogP contribution < -0.4 is 11.1 Å². The zero-order chi connectivity index (χ0) is 39.5. The van der Waals surface area contributed by atoms with Crippen LogP contribution in [0.3, 0.4) is 0 Å². The van der Waals surface area contributed by atoms with Gasteiger partial charge in [0.2, 0.25) is 0 Å². The number of likely N-dealkylation sites (tertiary alicyclic amines) is 1. The predicted molar refractivity (Wildman–Crippen MR) is 228 cm³/mol. The number of likely N-dealkylation sites (N-methyl/N-ethyl adjacent to an activating group) is 1. The lowest BCUT2D eigenvalue weighted by molar-refractivity contribution is -0.137. The number of aliphatic carboxylic acids is 1. The van der Waals surface area contributed by atoms with Gasteiger partial charge >= 0.3 is 5.97 Å². The second-order valence-electron chi connectivity index (χ2n) is 14.2. The summed E-state index contributed by atoms with van der Waals surface area (Å²) in [7, 11) is 2.18. The van der Waals surface area contributed by atoms with Crippen molar-refractivity contribution in [3.8, 4) is 0 Å². The molecular weight excluding hydrogens is 651 g/mol. The van der Waals surface area contributed by atoms with Crippen molar-refractivity contribution in [1.29, 1.82) is 0 Å². The zero-order valence-corrected chi connectivity index (χ0v) is 35.3. The van der Waals surface area contributed by atoms with Gasteiger partial charge in [-0.2, -0.15) is 0 Å². The molecule has 294 valence electrons. The van der Waals surface area contributed by atoms with Crippen LogP contribution >= 0.6 is 12.6 Å². The number of nitrogens with one attached hydrogen (secondary N) is 1. The fourth-order valence-electron chi connectivity index (χ4n) is 5.07. The Balaban J connectivity index is -0.000000692. The molecule has 1 aliphatic heterocycles. The summed E-state index contributed by atoms with van der Waals surface area (Å²) in [5.41, 5.74) is 12.2. The minimum Gasteiger partial charge on any atom is -0.481 e. The van der Waals surface area contributed by atoms with Crippen molar-refractivity contribution < 1.29 is 14.7 Å². The molecule has 1 fully saturated rings. The van der Waals surface area contributed by atoms with Crippen LogP contribution in [0.4, 0.5) is 0 Å². The molecule has 0 radical (unpaired) electrons. The summed E-state index contributed by atoms with van der Waals surface area (Å²) in [6, 6.07) is 9.14. The Morgan fingerprint density at radius 2 is 1.51 bits per heavy atom. The highest BCUT2D eigenvalue weighted by Gasteiger charge is 2.23. The molecule has 0 bridgehead atoms. The number of thiol groups is 1. The second kappa shape index (κ2) is 35.7. The first kappa shape index (κ1) is 52.6. The molecule has 1 saturated heterocycles.